The summed E-state index contributed by atoms with van der Waals surface area (Å²) in [5.41, 5.74) is 4.34. The number of methoxy groups -OCH3 is 1. The second-order valence-corrected chi connectivity index (χ2v) is 7.29. The Morgan fingerprint density at radius 1 is 1.15 bits per heavy atom. The minimum atomic E-state index is 0.300. The summed E-state index contributed by atoms with van der Waals surface area (Å²) >= 11 is 0. The predicted molar refractivity (Wildman–Crippen MR) is 107 cm³/mol. The number of ether oxygens (including phenoxy) is 2. The fourth-order valence-corrected chi connectivity index (χ4v) is 3.58. The van der Waals surface area contributed by atoms with Gasteiger partial charge in [-0.15, -0.1) is 0 Å². The summed E-state index contributed by atoms with van der Waals surface area (Å²) in [6.07, 6.45) is 3.73. The van der Waals surface area contributed by atoms with Gasteiger partial charge in [0.05, 0.1) is 19.8 Å². The third-order valence-corrected chi connectivity index (χ3v) is 5.28. The smallest absolute Gasteiger partial charge is 0.161 e. The SMILES string of the molecule is COc1ccc(CNCC2(c3ccccc3C)CC2)cc1OCCCC#N. The van der Waals surface area contributed by atoms with Crippen LogP contribution in [0.15, 0.2) is 42.5 Å². The van der Waals surface area contributed by atoms with Gasteiger partial charge < -0.3 is 14.8 Å². The van der Waals surface area contributed by atoms with Crippen LogP contribution < -0.4 is 14.8 Å². The van der Waals surface area contributed by atoms with E-state index in [9.17, 15) is 0 Å². The highest BCUT2D eigenvalue weighted by atomic mass is 16.5. The maximum absolute atomic E-state index is 8.64. The number of aryl methyl sites for hydroxylation is 1. The Morgan fingerprint density at radius 3 is 2.67 bits per heavy atom. The predicted octanol–water partition coefficient (Wildman–Crippen LogP) is 4.51. The molecule has 0 aliphatic heterocycles. The average molecular weight is 364 g/mol. The summed E-state index contributed by atoms with van der Waals surface area (Å²) in [4.78, 5) is 0. The van der Waals surface area contributed by atoms with Crippen molar-refractivity contribution in [3.05, 3.63) is 59.2 Å². The lowest BCUT2D eigenvalue weighted by molar-refractivity contribution is 0.290. The number of nitrogens with zero attached hydrogens (tertiary/aromatic N) is 1. The molecule has 1 N–H and O–H groups in total. The van der Waals surface area contributed by atoms with E-state index >= 15 is 0 Å². The Kier molecular flexibility index (Phi) is 6.36. The molecule has 0 bridgehead atoms. The second-order valence-electron chi connectivity index (χ2n) is 7.29. The molecule has 1 aliphatic rings. The highest BCUT2D eigenvalue weighted by Crippen LogP contribution is 2.48. The summed E-state index contributed by atoms with van der Waals surface area (Å²) in [7, 11) is 1.65. The monoisotopic (exact) mass is 364 g/mol. The molecule has 0 spiro atoms. The summed E-state index contributed by atoms with van der Waals surface area (Å²) in [5, 5.41) is 12.3. The molecule has 2 aromatic carbocycles. The summed E-state index contributed by atoms with van der Waals surface area (Å²) in [6, 6.07) is 16.9. The lowest BCUT2D eigenvalue weighted by atomic mass is 9.92. The van der Waals surface area contributed by atoms with Gasteiger partial charge in [-0.25, -0.2) is 0 Å². The van der Waals surface area contributed by atoms with Crippen LogP contribution in [0.1, 0.15) is 42.4 Å². The van der Waals surface area contributed by atoms with E-state index in [-0.39, 0.29) is 0 Å². The second kappa shape index (κ2) is 8.92. The molecule has 2 aromatic rings. The van der Waals surface area contributed by atoms with Crippen LogP contribution >= 0.6 is 0 Å². The Bertz CT molecular complexity index is 806. The zero-order chi connectivity index (χ0) is 19.1. The standard InChI is InChI=1S/C23H28N2O2/c1-18-7-3-4-8-20(18)23(11-12-23)17-25-16-19-9-10-21(26-2)22(15-19)27-14-6-5-13-24/h3-4,7-10,15,25H,5-6,11-12,14,16-17H2,1-2H3. The molecule has 4 nitrogen and oxygen atoms in total. The first-order chi connectivity index (χ1) is 13.2. The molecule has 0 heterocycles. The van der Waals surface area contributed by atoms with E-state index < -0.39 is 0 Å². The molecule has 1 fully saturated rings. The molecule has 0 atom stereocenters. The van der Waals surface area contributed by atoms with E-state index in [1.807, 2.05) is 12.1 Å². The van der Waals surface area contributed by atoms with E-state index in [4.69, 9.17) is 14.7 Å². The molecule has 142 valence electrons. The number of rotatable bonds is 10. The maximum atomic E-state index is 8.64. The van der Waals surface area contributed by atoms with Crippen molar-refractivity contribution >= 4 is 0 Å². The lowest BCUT2D eigenvalue weighted by Crippen LogP contribution is -2.27. The van der Waals surface area contributed by atoms with Gasteiger partial charge in [-0.1, -0.05) is 30.3 Å². The minimum Gasteiger partial charge on any atom is -0.493 e. The molecule has 0 amide bonds. The minimum absolute atomic E-state index is 0.300. The number of nitrogens with one attached hydrogen (secondary N) is 1. The van der Waals surface area contributed by atoms with Crippen molar-refractivity contribution in [2.45, 2.75) is 44.6 Å². The Labute approximate surface area is 162 Å². The Balaban J connectivity index is 1.58. The van der Waals surface area contributed by atoms with Crippen molar-refractivity contribution in [1.29, 1.82) is 5.26 Å². The van der Waals surface area contributed by atoms with Crippen molar-refractivity contribution in [3.8, 4) is 17.6 Å². The third-order valence-electron chi connectivity index (χ3n) is 5.28. The third kappa shape index (κ3) is 4.81. The average Bonchev–Trinajstić information content (AvgIpc) is 3.46. The van der Waals surface area contributed by atoms with Crippen LogP contribution in [0, 0.1) is 18.3 Å². The van der Waals surface area contributed by atoms with Gasteiger partial charge in [0, 0.05) is 24.9 Å². The molecule has 1 aliphatic carbocycles. The molecular weight excluding hydrogens is 336 g/mol. The molecular formula is C23H28N2O2. The van der Waals surface area contributed by atoms with Crippen molar-refractivity contribution in [2.75, 3.05) is 20.3 Å². The zero-order valence-corrected chi connectivity index (χ0v) is 16.3. The van der Waals surface area contributed by atoms with Crippen molar-refractivity contribution in [2.24, 2.45) is 0 Å². The number of nitriles is 1. The molecule has 3 rings (SSSR count). The van der Waals surface area contributed by atoms with Gasteiger partial charge in [0.15, 0.2) is 11.5 Å². The molecule has 0 unspecified atom stereocenters. The lowest BCUT2D eigenvalue weighted by Gasteiger charge is -2.19. The zero-order valence-electron chi connectivity index (χ0n) is 16.3. The van der Waals surface area contributed by atoms with Crippen LogP contribution in [-0.2, 0) is 12.0 Å². The number of unbranched alkanes of at least 4 members (excludes halogenated alkanes) is 1. The van der Waals surface area contributed by atoms with Gasteiger partial charge in [0.1, 0.15) is 0 Å². The fourth-order valence-electron chi connectivity index (χ4n) is 3.58. The molecule has 0 aromatic heterocycles. The first-order valence-electron chi connectivity index (χ1n) is 9.62. The van der Waals surface area contributed by atoms with E-state index in [2.05, 4.69) is 48.6 Å². The first kappa shape index (κ1) is 19.3. The molecule has 4 heteroatoms. The van der Waals surface area contributed by atoms with Crippen LogP contribution in [0.2, 0.25) is 0 Å². The van der Waals surface area contributed by atoms with Gasteiger partial charge in [-0.3, -0.25) is 0 Å². The van der Waals surface area contributed by atoms with Crippen LogP contribution in [0.25, 0.3) is 0 Å². The first-order valence-corrected chi connectivity index (χ1v) is 9.62. The van der Waals surface area contributed by atoms with Crippen LogP contribution in [0.4, 0.5) is 0 Å². The number of benzene rings is 2. The number of hydrogen-bond acceptors (Lipinski definition) is 4. The summed E-state index contributed by atoms with van der Waals surface area (Å²) in [5.74, 6) is 1.48. The van der Waals surface area contributed by atoms with Crippen molar-refractivity contribution in [1.82, 2.24) is 5.32 Å². The topological polar surface area (TPSA) is 54.3 Å². The van der Waals surface area contributed by atoms with Gasteiger partial charge in [-0.2, -0.15) is 5.26 Å². The van der Waals surface area contributed by atoms with Crippen LogP contribution in [0.3, 0.4) is 0 Å². The van der Waals surface area contributed by atoms with E-state index in [0.717, 1.165) is 31.0 Å². The Hall–Kier alpha value is -2.51. The van der Waals surface area contributed by atoms with Crippen LogP contribution in [-0.4, -0.2) is 20.3 Å². The highest BCUT2D eigenvalue weighted by Gasteiger charge is 2.44. The fraction of sp³-hybridized carbons (Fsp3) is 0.435. The molecule has 27 heavy (non-hydrogen) atoms. The maximum Gasteiger partial charge on any atom is 0.161 e. The Morgan fingerprint density at radius 2 is 1.96 bits per heavy atom. The van der Waals surface area contributed by atoms with Gasteiger partial charge in [-0.05, 0) is 55.0 Å². The van der Waals surface area contributed by atoms with Gasteiger partial charge >= 0.3 is 0 Å². The van der Waals surface area contributed by atoms with Crippen molar-refractivity contribution < 1.29 is 9.47 Å². The molecule has 0 radical (unpaired) electrons. The summed E-state index contributed by atoms with van der Waals surface area (Å²) < 4.78 is 11.2. The number of hydrogen-bond donors (Lipinski definition) is 1. The van der Waals surface area contributed by atoms with Crippen molar-refractivity contribution in [3.63, 3.8) is 0 Å². The highest BCUT2D eigenvalue weighted by molar-refractivity contribution is 5.43. The largest absolute Gasteiger partial charge is 0.493 e. The van der Waals surface area contributed by atoms with Gasteiger partial charge in [0.25, 0.3) is 0 Å². The van der Waals surface area contributed by atoms with Gasteiger partial charge in [0.2, 0.25) is 0 Å². The summed E-state index contributed by atoms with van der Waals surface area (Å²) in [6.45, 7) is 4.51. The molecule has 1 saturated carbocycles. The normalized spacial score (nSPS) is 14.4. The van der Waals surface area contributed by atoms with E-state index in [0.29, 0.717) is 18.4 Å². The van der Waals surface area contributed by atoms with Crippen LogP contribution in [0.5, 0.6) is 11.5 Å². The molecule has 0 saturated heterocycles. The van der Waals surface area contributed by atoms with E-state index in [1.165, 1.54) is 29.5 Å². The quantitative estimate of drug-likeness (QED) is 0.630. The van der Waals surface area contributed by atoms with E-state index in [1.54, 1.807) is 7.11 Å².